The van der Waals surface area contributed by atoms with E-state index in [2.05, 4.69) is 10.6 Å². The van der Waals surface area contributed by atoms with Crippen molar-refractivity contribution in [2.75, 3.05) is 25.5 Å². The lowest BCUT2D eigenvalue weighted by Crippen LogP contribution is -2.41. The van der Waals surface area contributed by atoms with Crippen molar-refractivity contribution in [2.24, 2.45) is 0 Å². The molecule has 0 aliphatic heterocycles. The van der Waals surface area contributed by atoms with Gasteiger partial charge in [-0.25, -0.2) is 0 Å². The largest absolute Gasteiger partial charge is 0.343 e. The van der Waals surface area contributed by atoms with Gasteiger partial charge in [0.1, 0.15) is 0 Å². The van der Waals surface area contributed by atoms with Gasteiger partial charge >= 0.3 is 0 Å². The summed E-state index contributed by atoms with van der Waals surface area (Å²) in [4.78, 5) is 38.3. The van der Waals surface area contributed by atoms with E-state index in [0.717, 1.165) is 27.6 Å². The van der Waals surface area contributed by atoms with Gasteiger partial charge in [-0.15, -0.1) is 0 Å². The highest BCUT2D eigenvalue weighted by atomic mass is 16.2. The fourth-order valence-electron chi connectivity index (χ4n) is 3.09. The van der Waals surface area contributed by atoms with Gasteiger partial charge in [-0.1, -0.05) is 42.5 Å². The Kier molecular flexibility index (Phi) is 6.47. The Labute approximate surface area is 175 Å². The summed E-state index contributed by atoms with van der Waals surface area (Å²) < 4.78 is 0. The van der Waals surface area contributed by atoms with Crippen molar-refractivity contribution in [3.63, 3.8) is 0 Å². The Bertz CT molecular complexity index is 1110. The van der Waals surface area contributed by atoms with Gasteiger partial charge in [0.15, 0.2) is 0 Å². The van der Waals surface area contributed by atoms with Crippen LogP contribution in [0.4, 0.5) is 5.69 Å². The van der Waals surface area contributed by atoms with Gasteiger partial charge in [0.25, 0.3) is 5.91 Å². The number of hydrogen-bond acceptors (Lipinski definition) is 3. The van der Waals surface area contributed by atoms with Crippen LogP contribution in [0, 0.1) is 13.8 Å². The van der Waals surface area contributed by atoms with Gasteiger partial charge in [0, 0.05) is 18.3 Å². The predicted octanol–water partition coefficient (Wildman–Crippen LogP) is 3.28. The molecule has 0 fully saturated rings. The van der Waals surface area contributed by atoms with Crippen LogP contribution in [-0.2, 0) is 9.59 Å². The van der Waals surface area contributed by atoms with E-state index >= 15 is 0 Å². The van der Waals surface area contributed by atoms with Crippen LogP contribution < -0.4 is 10.6 Å². The Balaban J connectivity index is 1.52. The van der Waals surface area contributed by atoms with Gasteiger partial charge in [-0.2, -0.15) is 0 Å². The lowest BCUT2D eigenvalue weighted by atomic mass is 10.1. The third-order valence-electron chi connectivity index (χ3n) is 4.89. The Morgan fingerprint density at radius 3 is 2.40 bits per heavy atom. The van der Waals surface area contributed by atoms with Crippen molar-refractivity contribution in [3.8, 4) is 0 Å². The number of amides is 3. The Morgan fingerprint density at radius 2 is 1.63 bits per heavy atom. The molecule has 0 aliphatic rings. The number of hydrogen-bond donors (Lipinski definition) is 2. The fourth-order valence-corrected chi connectivity index (χ4v) is 3.09. The molecular formula is C24H25N3O3. The first kappa shape index (κ1) is 21.0. The highest BCUT2D eigenvalue weighted by Crippen LogP contribution is 2.17. The summed E-state index contributed by atoms with van der Waals surface area (Å²) in [5.74, 6) is -0.969. The predicted molar refractivity (Wildman–Crippen MR) is 118 cm³/mol. The van der Waals surface area contributed by atoms with Gasteiger partial charge < -0.3 is 15.5 Å². The van der Waals surface area contributed by atoms with Crippen LogP contribution in [0.3, 0.4) is 0 Å². The molecule has 3 amide bonds. The minimum Gasteiger partial charge on any atom is -0.343 e. The maximum Gasteiger partial charge on any atom is 0.251 e. The standard InChI is InChI=1S/C24H25N3O3/c1-16-8-9-17(2)21(12-16)26-22(28)15-27(3)23(29)14-25-24(30)20-11-10-18-6-4-5-7-19(18)13-20/h4-13H,14-15H2,1-3H3,(H,25,30)(H,26,28). The van der Waals surface area contributed by atoms with E-state index in [1.165, 1.54) is 11.9 Å². The Morgan fingerprint density at radius 1 is 0.900 bits per heavy atom. The summed E-state index contributed by atoms with van der Waals surface area (Å²) in [7, 11) is 1.53. The number of carbonyl (C=O) groups excluding carboxylic acids is 3. The molecule has 0 aromatic heterocycles. The molecule has 6 heteroatoms. The van der Waals surface area contributed by atoms with Gasteiger partial charge in [-0.3, -0.25) is 14.4 Å². The lowest BCUT2D eigenvalue weighted by molar-refractivity contribution is -0.132. The molecule has 154 valence electrons. The number of anilines is 1. The van der Waals surface area contributed by atoms with E-state index in [1.807, 2.05) is 62.4 Å². The molecule has 0 bridgehead atoms. The molecular weight excluding hydrogens is 378 g/mol. The second-order valence-corrected chi connectivity index (χ2v) is 7.36. The summed E-state index contributed by atoms with van der Waals surface area (Å²) in [5, 5.41) is 7.44. The number of benzene rings is 3. The normalized spacial score (nSPS) is 10.5. The number of aryl methyl sites for hydroxylation is 2. The average Bonchev–Trinajstić information content (AvgIpc) is 2.73. The smallest absolute Gasteiger partial charge is 0.251 e. The van der Waals surface area contributed by atoms with E-state index in [0.29, 0.717) is 5.56 Å². The zero-order valence-corrected chi connectivity index (χ0v) is 17.4. The monoisotopic (exact) mass is 403 g/mol. The summed E-state index contributed by atoms with van der Waals surface area (Å²) in [6.07, 6.45) is 0. The lowest BCUT2D eigenvalue weighted by Gasteiger charge is -2.18. The van der Waals surface area contributed by atoms with Crippen LogP contribution in [0.2, 0.25) is 0 Å². The number of rotatable bonds is 6. The van der Waals surface area contributed by atoms with Crippen molar-refractivity contribution in [2.45, 2.75) is 13.8 Å². The van der Waals surface area contributed by atoms with E-state index in [9.17, 15) is 14.4 Å². The van der Waals surface area contributed by atoms with Crippen molar-refractivity contribution in [1.29, 1.82) is 0 Å². The third-order valence-corrected chi connectivity index (χ3v) is 4.89. The minimum absolute atomic E-state index is 0.0991. The summed E-state index contributed by atoms with van der Waals surface area (Å²) in [5.41, 5.74) is 3.20. The zero-order valence-electron chi connectivity index (χ0n) is 17.4. The van der Waals surface area contributed by atoms with Crippen molar-refractivity contribution in [3.05, 3.63) is 77.4 Å². The van der Waals surface area contributed by atoms with Crippen LogP contribution in [0.25, 0.3) is 10.8 Å². The Hall–Kier alpha value is -3.67. The van der Waals surface area contributed by atoms with Crippen LogP contribution >= 0.6 is 0 Å². The van der Waals surface area contributed by atoms with Crippen molar-refractivity contribution >= 4 is 34.2 Å². The molecule has 3 aromatic rings. The number of likely N-dealkylation sites (N-methyl/N-ethyl adjacent to an activating group) is 1. The number of nitrogens with one attached hydrogen (secondary N) is 2. The number of nitrogens with zero attached hydrogens (tertiary/aromatic N) is 1. The van der Waals surface area contributed by atoms with E-state index < -0.39 is 0 Å². The van der Waals surface area contributed by atoms with Crippen LogP contribution in [0.5, 0.6) is 0 Å². The molecule has 0 saturated carbocycles. The van der Waals surface area contributed by atoms with Crippen molar-refractivity contribution < 1.29 is 14.4 Å². The highest BCUT2D eigenvalue weighted by molar-refractivity contribution is 6.00. The molecule has 3 aromatic carbocycles. The third kappa shape index (κ3) is 5.23. The molecule has 0 saturated heterocycles. The van der Waals surface area contributed by atoms with Gasteiger partial charge in [0.2, 0.25) is 11.8 Å². The number of fused-ring (bicyclic) bond motifs is 1. The molecule has 0 aliphatic carbocycles. The first-order valence-corrected chi connectivity index (χ1v) is 9.71. The second-order valence-electron chi connectivity index (χ2n) is 7.36. The molecule has 2 N–H and O–H groups in total. The van der Waals surface area contributed by atoms with E-state index in [1.54, 1.807) is 12.1 Å². The van der Waals surface area contributed by atoms with Crippen LogP contribution in [0.1, 0.15) is 21.5 Å². The molecule has 0 unspecified atom stereocenters. The average molecular weight is 403 g/mol. The van der Waals surface area contributed by atoms with Crippen LogP contribution in [-0.4, -0.2) is 42.8 Å². The quantitative estimate of drug-likeness (QED) is 0.663. The molecule has 3 rings (SSSR count). The second kappa shape index (κ2) is 9.22. The maximum absolute atomic E-state index is 12.4. The summed E-state index contributed by atoms with van der Waals surface area (Å²) in [6.45, 7) is 3.58. The highest BCUT2D eigenvalue weighted by Gasteiger charge is 2.15. The minimum atomic E-state index is -0.347. The zero-order chi connectivity index (χ0) is 21.7. The molecule has 0 spiro atoms. The molecule has 6 nitrogen and oxygen atoms in total. The SMILES string of the molecule is Cc1ccc(C)c(NC(=O)CN(C)C(=O)CNC(=O)c2ccc3ccccc3c2)c1. The molecule has 30 heavy (non-hydrogen) atoms. The first-order chi connectivity index (χ1) is 14.3. The van der Waals surface area contributed by atoms with Crippen molar-refractivity contribution in [1.82, 2.24) is 10.2 Å². The first-order valence-electron chi connectivity index (χ1n) is 9.71. The topological polar surface area (TPSA) is 78.5 Å². The van der Waals surface area contributed by atoms with Gasteiger partial charge in [-0.05, 0) is 53.9 Å². The summed E-state index contributed by atoms with van der Waals surface area (Å²) in [6, 6.07) is 18.9. The van der Waals surface area contributed by atoms with E-state index in [-0.39, 0.29) is 30.8 Å². The fraction of sp³-hybridized carbons (Fsp3) is 0.208. The van der Waals surface area contributed by atoms with Gasteiger partial charge in [0.05, 0.1) is 13.1 Å². The maximum atomic E-state index is 12.4. The number of carbonyl (C=O) groups is 3. The molecule has 0 heterocycles. The molecule has 0 atom stereocenters. The summed E-state index contributed by atoms with van der Waals surface area (Å²) >= 11 is 0. The molecule has 0 radical (unpaired) electrons. The van der Waals surface area contributed by atoms with E-state index in [4.69, 9.17) is 0 Å². The van der Waals surface area contributed by atoms with Crippen LogP contribution in [0.15, 0.2) is 60.7 Å².